The van der Waals surface area contributed by atoms with Crippen LogP contribution < -0.4 is 0 Å². The second-order valence-electron chi connectivity index (χ2n) is 3.09. The zero-order valence-corrected chi connectivity index (χ0v) is 8.08. The summed E-state index contributed by atoms with van der Waals surface area (Å²) in [7, 11) is 0. The van der Waals surface area contributed by atoms with Crippen LogP contribution in [0.5, 0.6) is 5.75 Å². The van der Waals surface area contributed by atoms with Gasteiger partial charge in [0, 0.05) is 10.9 Å². The zero-order valence-electron chi connectivity index (χ0n) is 7.33. The zero-order chi connectivity index (χ0) is 9.84. The van der Waals surface area contributed by atoms with E-state index in [-0.39, 0.29) is 11.7 Å². The summed E-state index contributed by atoms with van der Waals surface area (Å²) in [5.41, 5.74) is 0.754. The molecule has 0 amide bonds. The third-order valence-electron chi connectivity index (χ3n) is 1.82. The van der Waals surface area contributed by atoms with Gasteiger partial charge in [0.2, 0.25) is 0 Å². The number of halogens is 1. The molecule has 13 heavy (non-hydrogen) atoms. The molecule has 70 valence electrons. The lowest BCUT2D eigenvalue weighted by Gasteiger charge is -2.06. The molecule has 0 aromatic heterocycles. The highest BCUT2D eigenvalue weighted by molar-refractivity contribution is 6.30. The van der Waals surface area contributed by atoms with Gasteiger partial charge >= 0.3 is 0 Å². The minimum atomic E-state index is -0.0768. The van der Waals surface area contributed by atoms with E-state index in [0.29, 0.717) is 11.4 Å². The maximum absolute atomic E-state index is 10.4. The van der Waals surface area contributed by atoms with Crippen molar-refractivity contribution >= 4 is 17.9 Å². The molecule has 2 nitrogen and oxygen atoms in total. The Balaban J connectivity index is 2.83. The Morgan fingerprint density at radius 2 is 2.31 bits per heavy atom. The predicted octanol–water partition coefficient (Wildman–Crippen LogP) is 2.42. The third-order valence-corrected chi connectivity index (χ3v) is 2.06. The van der Waals surface area contributed by atoms with Crippen LogP contribution >= 0.6 is 11.6 Å². The lowest BCUT2D eigenvalue weighted by atomic mass is 10.0. The first-order valence-electron chi connectivity index (χ1n) is 4.06. The lowest BCUT2D eigenvalue weighted by molar-refractivity contribution is -0.110. The van der Waals surface area contributed by atoms with E-state index in [0.717, 1.165) is 11.8 Å². The predicted molar refractivity (Wildman–Crippen MR) is 52.0 cm³/mol. The van der Waals surface area contributed by atoms with Crippen molar-refractivity contribution in [2.75, 3.05) is 0 Å². The number of phenols is 1. The van der Waals surface area contributed by atoms with Crippen LogP contribution in [0.2, 0.25) is 5.02 Å². The van der Waals surface area contributed by atoms with Gasteiger partial charge in [0.15, 0.2) is 0 Å². The number of hydrogen-bond donors (Lipinski definition) is 1. The molecule has 1 aromatic rings. The van der Waals surface area contributed by atoms with E-state index in [4.69, 9.17) is 11.6 Å². The summed E-state index contributed by atoms with van der Waals surface area (Å²) < 4.78 is 0. The molecule has 0 radical (unpaired) electrons. The van der Waals surface area contributed by atoms with Crippen molar-refractivity contribution < 1.29 is 9.90 Å². The van der Waals surface area contributed by atoms with E-state index in [2.05, 4.69) is 0 Å². The molecular weight excluding hydrogens is 188 g/mol. The summed E-state index contributed by atoms with van der Waals surface area (Å²) in [4.78, 5) is 10.4. The topological polar surface area (TPSA) is 37.3 Å². The molecular formula is C10H11ClO2. The molecule has 0 aliphatic carbocycles. The standard InChI is InChI=1S/C10H11ClO2/c1-7(6-12)4-8-2-3-9(11)5-10(8)13/h2-3,5-7,13H,4H2,1H3. The molecule has 0 bridgehead atoms. The Kier molecular flexibility index (Phi) is 3.32. The van der Waals surface area contributed by atoms with Gasteiger partial charge in [-0.25, -0.2) is 0 Å². The van der Waals surface area contributed by atoms with Crippen LogP contribution in [0.25, 0.3) is 0 Å². The van der Waals surface area contributed by atoms with Gasteiger partial charge in [-0.05, 0) is 24.1 Å². The molecule has 0 saturated heterocycles. The molecule has 0 heterocycles. The van der Waals surface area contributed by atoms with Crippen LogP contribution in [-0.2, 0) is 11.2 Å². The molecule has 0 aliphatic heterocycles. The SMILES string of the molecule is CC(C=O)Cc1ccc(Cl)cc1O. The Morgan fingerprint density at radius 3 is 2.85 bits per heavy atom. The quantitative estimate of drug-likeness (QED) is 0.758. The lowest BCUT2D eigenvalue weighted by Crippen LogP contribution is -2.00. The van der Waals surface area contributed by atoms with Gasteiger partial charge in [-0.2, -0.15) is 0 Å². The van der Waals surface area contributed by atoms with E-state index in [1.54, 1.807) is 19.1 Å². The summed E-state index contributed by atoms with van der Waals surface area (Å²) in [6, 6.07) is 4.92. The molecule has 1 rings (SSSR count). The van der Waals surface area contributed by atoms with Gasteiger partial charge in [-0.3, -0.25) is 0 Å². The third kappa shape index (κ3) is 2.74. The number of carbonyl (C=O) groups excluding carboxylic acids is 1. The number of phenolic OH excluding ortho intramolecular Hbond substituents is 1. The van der Waals surface area contributed by atoms with Crippen LogP contribution in [0, 0.1) is 5.92 Å². The van der Waals surface area contributed by atoms with Crippen molar-refractivity contribution in [2.24, 2.45) is 5.92 Å². The molecule has 1 unspecified atom stereocenters. The first kappa shape index (κ1) is 10.1. The van der Waals surface area contributed by atoms with Crippen molar-refractivity contribution in [3.8, 4) is 5.75 Å². The molecule has 1 atom stereocenters. The van der Waals surface area contributed by atoms with Crippen LogP contribution in [0.3, 0.4) is 0 Å². The van der Waals surface area contributed by atoms with Crippen molar-refractivity contribution in [3.05, 3.63) is 28.8 Å². The summed E-state index contributed by atoms with van der Waals surface area (Å²) in [6.07, 6.45) is 1.42. The summed E-state index contributed by atoms with van der Waals surface area (Å²) >= 11 is 5.66. The highest BCUT2D eigenvalue weighted by Crippen LogP contribution is 2.23. The van der Waals surface area contributed by atoms with Crippen LogP contribution in [0.4, 0.5) is 0 Å². The van der Waals surface area contributed by atoms with E-state index in [9.17, 15) is 9.90 Å². The number of hydrogen-bond acceptors (Lipinski definition) is 2. The molecule has 0 aliphatic rings. The Labute approximate surface area is 82.2 Å². The molecule has 3 heteroatoms. The second-order valence-corrected chi connectivity index (χ2v) is 3.53. The fraction of sp³-hybridized carbons (Fsp3) is 0.300. The Bertz CT molecular complexity index is 310. The minimum absolute atomic E-state index is 0.0768. The minimum Gasteiger partial charge on any atom is -0.508 e. The fourth-order valence-electron chi connectivity index (χ4n) is 1.10. The van der Waals surface area contributed by atoms with Crippen molar-refractivity contribution in [1.29, 1.82) is 0 Å². The van der Waals surface area contributed by atoms with Crippen LogP contribution in [0.15, 0.2) is 18.2 Å². The van der Waals surface area contributed by atoms with E-state index < -0.39 is 0 Å². The molecule has 0 fully saturated rings. The Morgan fingerprint density at radius 1 is 1.62 bits per heavy atom. The largest absolute Gasteiger partial charge is 0.508 e. The van der Waals surface area contributed by atoms with Crippen LogP contribution in [0.1, 0.15) is 12.5 Å². The first-order valence-corrected chi connectivity index (χ1v) is 4.44. The number of carbonyl (C=O) groups is 1. The maximum Gasteiger partial charge on any atom is 0.123 e. The summed E-state index contributed by atoms with van der Waals surface area (Å²) in [6.45, 7) is 1.81. The van der Waals surface area contributed by atoms with Gasteiger partial charge < -0.3 is 9.90 Å². The van der Waals surface area contributed by atoms with E-state index in [1.165, 1.54) is 6.07 Å². The normalized spacial score (nSPS) is 12.5. The highest BCUT2D eigenvalue weighted by Gasteiger charge is 2.06. The van der Waals surface area contributed by atoms with Crippen LogP contribution in [-0.4, -0.2) is 11.4 Å². The summed E-state index contributed by atoms with van der Waals surface area (Å²) in [5.74, 6) is 0.0771. The van der Waals surface area contributed by atoms with Gasteiger partial charge in [0.1, 0.15) is 12.0 Å². The van der Waals surface area contributed by atoms with Gasteiger partial charge in [-0.15, -0.1) is 0 Å². The smallest absolute Gasteiger partial charge is 0.123 e. The Hall–Kier alpha value is -1.02. The fourth-order valence-corrected chi connectivity index (χ4v) is 1.27. The maximum atomic E-state index is 10.4. The molecule has 0 spiro atoms. The number of aromatic hydroxyl groups is 1. The van der Waals surface area contributed by atoms with Gasteiger partial charge in [-0.1, -0.05) is 24.6 Å². The molecule has 0 saturated carbocycles. The first-order chi connectivity index (χ1) is 6.13. The summed E-state index contributed by atoms with van der Waals surface area (Å²) in [5, 5.41) is 9.94. The average Bonchev–Trinajstić information content (AvgIpc) is 2.09. The highest BCUT2D eigenvalue weighted by atomic mass is 35.5. The monoisotopic (exact) mass is 198 g/mol. The van der Waals surface area contributed by atoms with Crippen molar-refractivity contribution in [3.63, 3.8) is 0 Å². The average molecular weight is 199 g/mol. The van der Waals surface area contributed by atoms with Gasteiger partial charge in [0.05, 0.1) is 0 Å². The number of aldehydes is 1. The molecule has 1 N–H and O–H groups in total. The molecule has 1 aromatic carbocycles. The van der Waals surface area contributed by atoms with E-state index >= 15 is 0 Å². The van der Waals surface area contributed by atoms with E-state index in [1.807, 2.05) is 0 Å². The van der Waals surface area contributed by atoms with Crippen molar-refractivity contribution in [2.45, 2.75) is 13.3 Å². The van der Waals surface area contributed by atoms with Gasteiger partial charge in [0.25, 0.3) is 0 Å². The number of benzene rings is 1. The number of rotatable bonds is 3. The van der Waals surface area contributed by atoms with Crippen molar-refractivity contribution in [1.82, 2.24) is 0 Å². The second kappa shape index (κ2) is 4.28.